The summed E-state index contributed by atoms with van der Waals surface area (Å²) in [6, 6.07) is -0.642. The van der Waals surface area contributed by atoms with Crippen LogP contribution in [0.5, 0.6) is 0 Å². The molecule has 2 atom stereocenters. The van der Waals surface area contributed by atoms with E-state index in [-0.39, 0.29) is 12.5 Å². The Hall–Kier alpha value is -2.43. The highest BCUT2D eigenvalue weighted by Gasteiger charge is 2.17. The van der Waals surface area contributed by atoms with Gasteiger partial charge in [0.2, 0.25) is 5.91 Å². The number of rotatable bonds is 44. The minimum absolute atomic E-state index is 0.0900. The van der Waals surface area contributed by atoms with Crippen LogP contribution in [0.4, 0.5) is 0 Å². The predicted octanol–water partition coefficient (Wildman–Crippen LogP) is 16.0. The van der Waals surface area contributed by atoms with Crippen molar-refractivity contribution in [3.63, 3.8) is 0 Å². The Morgan fingerprint density at radius 2 is 0.759 bits per heavy atom. The number of carbonyl (C=O) groups is 1. The number of hydrogen-bond acceptors (Lipinski definition) is 3. The van der Waals surface area contributed by atoms with Gasteiger partial charge in [-0.05, 0) is 70.6 Å². The third kappa shape index (κ3) is 44.7. The van der Waals surface area contributed by atoms with Gasteiger partial charge >= 0.3 is 0 Å². The van der Waals surface area contributed by atoms with E-state index in [2.05, 4.69) is 92.1 Å². The summed E-state index contributed by atoms with van der Waals surface area (Å²) >= 11 is 0. The zero-order chi connectivity index (χ0) is 42.1. The van der Waals surface area contributed by atoms with Crippen molar-refractivity contribution in [1.82, 2.24) is 5.32 Å². The quantitative estimate of drug-likeness (QED) is 0.0424. The molecule has 0 aliphatic carbocycles. The van der Waals surface area contributed by atoms with Crippen LogP contribution in [0.15, 0.2) is 85.1 Å². The number of aliphatic hydroxyl groups excluding tert-OH is 2. The normalized spacial score (nSPS) is 13.7. The molecule has 0 aromatic heterocycles. The maximum atomic E-state index is 12.4. The maximum Gasteiger partial charge on any atom is 0.220 e. The predicted molar refractivity (Wildman–Crippen MR) is 257 cm³/mol. The number of allylic oxidation sites excluding steroid dienone is 13. The van der Waals surface area contributed by atoms with E-state index in [4.69, 9.17) is 0 Å². The van der Waals surface area contributed by atoms with E-state index in [9.17, 15) is 15.0 Å². The van der Waals surface area contributed by atoms with Crippen molar-refractivity contribution in [2.45, 2.75) is 244 Å². The summed E-state index contributed by atoms with van der Waals surface area (Å²) in [4.78, 5) is 12.4. The summed E-state index contributed by atoms with van der Waals surface area (Å²) in [5.74, 6) is -0.0900. The van der Waals surface area contributed by atoms with E-state index in [1.165, 1.54) is 128 Å². The minimum atomic E-state index is -0.856. The Kier molecular flexibility index (Phi) is 46.9. The molecule has 0 aliphatic heterocycles. The van der Waals surface area contributed by atoms with Gasteiger partial charge < -0.3 is 15.5 Å². The summed E-state index contributed by atoms with van der Waals surface area (Å²) in [5.41, 5.74) is 0. The van der Waals surface area contributed by atoms with Crippen LogP contribution in [-0.2, 0) is 4.79 Å². The number of carbonyl (C=O) groups excluding carboxylic acids is 1. The van der Waals surface area contributed by atoms with Crippen LogP contribution in [0.3, 0.4) is 0 Å². The molecule has 0 saturated heterocycles. The van der Waals surface area contributed by atoms with E-state index in [0.29, 0.717) is 6.42 Å². The van der Waals surface area contributed by atoms with Gasteiger partial charge in [0.25, 0.3) is 0 Å². The van der Waals surface area contributed by atoms with Crippen molar-refractivity contribution < 1.29 is 15.0 Å². The molecular weight excluding hydrogens is 711 g/mol. The standard InChI is InChI=1S/C54H95NO3/c1-3-5-7-9-11-13-15-17-19-21-23-25-27-29-31-33-35-37-39-41-43-45-47-49-53(57)52(51-56)55-54(58)50-48-46-44-42-40-38-36-34-32-30-28-26-24-22-20-18-16-14-12-10-8-6-4-2/h6,8,12,14,18,20,24,26,30,32,36,38,47,49,52-53,56-57H,3-5,7,9-11,13,15-17,19,21-23,25,27-29,31,33-35,37,39-46,48,50-51H2,1-2H3,(H,55,58)/b8-6-,14-12-,20-18-,26-24-,32-30-,38-36-,49-47+. The monoisotopic (exact) mass is 806 g/mol. The third-order valence-corrected chi connectivity index (χ3v) is 10.9. The molecular formula is C54H95NO3. The molecule has 0 aromatic rings. The molecule has 0 aromatic carbocycles. The zero-order valence-electron chi connectivity index (χ0n) is 38.3. The molecule has 4 heteroatoms. The molecule has 1 amide bonds. The van der Waals surface area contributed by atoms with Gasteiger partial charge in [-0.25, -0.2) is 0 Å². The number of nitrogens with one attached hydrogen (secondary N) is 1. The van der Waals surface area contributed by atoms with Crippen molar-refractivity contribution >= 4 is 5.91 Å². The highest BCUT2D eigenvalue weighted by molar-refractivity contribution is 5.76. The van der Waals surface area contributed by atoms with Crippen molar-refractivity contribution in [2.75, 3.05) is 6.61 Å². The summed E-state index contributed by atoms with van der Waals surface area (Å²) in [6.45, 7) is 4.19. The fourth-order valence-corrected chi connectivity index (χ4v) is 7.12. The van der Waals surface area contributed by atoms with Gasteiger partial charge in [0.15, 0.2) is 0 Å². The van der Waals surface area contributed by atoms with Crippen molar-refractivity contribution in [2.24, 2.45) is 0 Å². The molecule has 2 unspecified atom stereocenters. The topological polar surface area (TPSA) is 69.6 Å². The van der Waals surface area contributed by atoms with Gasteiger partial charge in [-0.15, -0.1) is 0 Å². The maximum absolute atomic E-state index is 12.4. The molecule has 3 N–H and O–H groups in total. The first-order chi connectivity index (χ1) is 28.7. The minimum Gasteiger partial charge on any atom is -0.394 e. The largest absolute Gasteiger partial charge is 0.394 e. The fourth-order valence-electron chi connectivity index (χ4n) is 7.12. The van der Waals surface area contributed by atoms with Crippen LogP contribution in [-0.4, -0.2) is 34.9 Å². The van der Waals surface area contributed by atoms with E-state index in [0.717, 1.165) is 83.5 Å². The number of hydrogen-bond donors (Lipinski definition) is 3. The highest BCUT2D eigenvalue weighted by Crippen LogP contribution is 2.16. The molecule has 0 radical (unpaired) electrons. The average molecular weight is 806 g/mol. The summed E-state index contributed by atoms with van der Waals surface area (Å²) < 4.78 is 0. The van der Waals surface area contributed by atoms with Crippen LogP contribution >= 0.6 is 0 Å². The molecule has 0 rings (SSSR count). The summed E-state index contributed by atoms with van der Waals surface area (Å²) in [7, 11) is 0. The Bertz CT molecular complexity index is 1050. The Morgan fingerprint density at radius 1 is 0.431 bits per heavy atom. The van der Waals surface area contributed by atoms with Gasteiger partial charge in [0.05, 0.1) is 18.8 Å². The fraction of sp³-hybridized carbons (Fsp3) is 0.722. The van der Waals surface area contributed by atoms with E-state index in [1.54, 1.807) is 6.08 Å². The third-order valence-electron chi connectivity index (χ3n) is 10.9. The molecule has 58 heavy (non-hydrogen) atoms. The molecule has 334 valence electrons. The first kappa shape index (κ1) is 55.6. The van der Waals surface area contributed by atoms with Gasteiger partial charge in [-0.1, -0.05) is 240 Å². The first-order valence-corrected chi connectivity index (χ1v) is 24.8. The molecule has 0 bridgehead atoms. The lowest BCUT2D eigenvalue weighted by Gasteiger charge is -2.20. The van der Waals surface area contributed by atoms with E-state index in [1.807, 2.05) is 6.08 Å². The number of unbranched alkanes of at least 4 members (excludes halogenated alkanes) is 25. The second-order valence-electron chi connectivity index (χ2n) is 16.5. The van der Waals surface area contributed by atoms with Crippen LogP contribution in [0.2, 0.25) is 0 Å². The lowest BCUT2D eigenvalue weighted by atomic mass is 10.0. The molecule has 0 saturated carbocycles. The van der Waals surface area contributed by atoms with Crippen LogP contribution in [0, 0.1) is 0 Å². The molecule has 0 aliphatic rings. The molecule has 0 fully saturated rings. The van der Waals surface area contributed by atoms with Crippen molar-refractivity contribution in [3.8, 4) is 0 Å². The lowest BCUT2D eigenvalue weighted by molar-refractivity contribution is -0.123. The van der Waals surface area contributed by atoms with Gasteiger partial charge in [-0.3, -0.25) is 4.79 Å². The Morgan fingerprint density at radius 3 is 1.14 bits per heavy atom. The SMILES string of the molecule is CC/C=C\C/C=C\C/C=C\C/C=C\C/C=C\C/C=C\CCCCCCC(=O)NC(CO)C(O)/C=C/CCCCCCCCCCCCCCCCCCCCCCC. The zero-order valence-corrected chi connectivity index (χ0v) is 38.3. The highest BCUT2D eigenvalue weighted by atomic mass is 16.3. The summed E-state index contributed by atoms with van der Waals surface area (Å²) in [5, 5.41) is 23.1. The Labute approximate surface area is 361 Å². The molecule has 4 nitrogen and oxygen atoms in total. The van der Waals surface area contributed by atoms with Gasteiger partial charge in [0, 0.05) is 6.42 Å². The van der Waals surface area contributed by atoms with Crippen molar-refractivity contribution in [3.05, 3.63) is 85.1 Å². The van der Waals surface area contributed by atoms with Gasteiger partial charge in [-0.2, -0.15) is 0 Å². The van der Waals surface area contributed by atoms with Gasteiger partial charge in [0.1, 0.15) is 0 Å². The average Bonchev–Trinajstić information content (AvgIpc) is 3.23. The van der Waals surface area contributed by atoms with Crippen molar-refractivity contribution in [1.29, 1.82) is 0 Å². The smallest absolute Gasteiger partial charge is 0.220 e. The van der Waals surface area contributed by atoms with Crippen LogP contribution < -0.4 is 5.32 Å². The van der Waals surface area contributed by atoms with Crippen LogP contribution in [0.25, 0.3) is 0 Å². The summed E-state index contributed by atoms with van der Waals surface area (Å²) in [6.07, 6.45) is 71.4. The molecule has 0 heterocycles. The Balaban J connectivity index is 3.63. The van der Waals surface area contributed by atoms with E-state index >= 15 is 0 Å². The molecule has 0 spiro atoms. The lowest BCUT2D eigenvalue weighted by Crippen LogP contribution is -2.45. The number of aliphatic hydroxyl groups is 2. The van der Waals surface area contributed by atoms with E-state index < -0.39 is 12.1 Å². The van der Waals surface area contributed by atoms with Crippen LogP contribution in [0.1, 0.15) is 232 Å². The second kappa shape index (κ2) is 48.9. The number of amides is 1. The first-order valence-electron chi connectivity index (χ1n) is 24.8. The second-order valence-corrected chi connectivity index (χ2v) is 16.5.